The van der Waals surface area contributed by atoms with Crippen molar-refractivity contribution in [3.05, 3.63) is 29.8 Å². The van der Waals surface area contributed by atoms with Gasteiger partial charge in [-0.25, -0.2) is 8.42 Å². The van der Waals surface area contributed by atoms with E-state index >= 15 is 0 Å². The molecule has 2 heterocycles. The monoisotopic (exact) mass is 267 g/mol. The van der Waals surface area contributed by atoms with Crippen LogP contribution in [-0.2, 0) is 15.4 Å². The van der Waals surface area contributed by atoms with E-state index in [0.29, 0.717) is 19.4 Å². The minimum Gasteiger partial charge on any atom is -0.493 e. The van der Waals surface area contributed by atoms with E-state index in [0.717, 1.165) is 11.3 Å². The fraction of sp³-hybridized carbons (Fsp3) is 0.538. The summed E-state index contributed by atoms with van der Waals surface area (Å²) < 4.78 is 28.9. The number of nitrogens with two attached hydrogens (primary N) is 1. The van der Waals surface area contributed by atoms with E-state index in [1.807, 2.05) is 24.3 Å². The molecule has 1 saturated heterocycles. The van der Waals surface area contributed by atoms with Gasteiger partial charge in [0.2, 0.25) is 0 Å². The molecule has 1 fully saturated rings. The van der Waals surface area contributed by atoms with Gasteiger partial charge in [0.1, 0.15) is 5.75 Å². The molecule has 0 bridgehead atoms. The molecule has 0 amide bonds. The molecule has 0 spiro atoms. The predicted octanol–water partition coefficient (Wildman–Crippen LogP) is 1.06. The smallest absolute Gasteiger partial charge is 0.150 e. The molecule has 3 rings (SSSR count). The summed E-state index contributed by atoms with van der Waals surface area (Å²) in [7, 11) is -2.91. The maximum absolute atomic E-state index is 11.7. The van der Waals surface area contributed by atoms with E-state index in [4.69, 9.17) is 10.5 Å². The van der Waals surface area contributed by atoms with Crippen LogP contribution in [0.3, 0.4) is 0 Å². The summed E-state index contributed by atoms with van der Waals surface area (Å²) in [5.41, 5.74) is 6.95. The zero-order valence-corrected chi connectivity index (χ0v) is 10.9. The highest BCUT2D eigenvalue weighted by molar-refractivity contribution is 7.91. The number of ether oxygens (including phenoxy) is 1. The lowest BCUT2D eigenvalue weighted by molar-refractivity contribution is 0.172. The Morgan fingerprint density at radius 1 is 1.33 bits per heavy atom. The zero-order chi connectivity index (χ0) is 12.8. The van der Waals surface area contributed by atoms with Crippen LogP contribution < -0.4 is 10.5 Å². The average Bonchev–Trinajstić information content (AvgIpc) is 2.71. The van der Waals surface area contributed by atoms with Crippen molar-refractivity contribution in [2.75, 3.05) is 18.1 Å². The Kier molecular flexibility index (Phi) is 2.64. The fourth-order valence-corrected chi connectivity index (χ4v) is 4.95. The van der Waals surface area contributed by atoms with Crippen LogP contribution in [0.15, 0.2) is 24.3 Å². The number of sulfone groups is 1. The average molecular weight is 267 g/mol. The van der Waals surface area contributed by atoms with Crippen LogP contribution in [0, 0.1) is 5.92 Å². The van der Waals surface area contributed by atoms with Crippen LogP contribution >= 0.6 is 0 Å². The molecule has 5 heteroatoms. The van der Waals surface area contributed by atoms with E-state index < -0.39 is 15.4 Å². The summed E-state index contributed by atoms with van der Waals surface area (Å²) in [6.45, 7) is 0.560. The molecule has 2 aliphatic heterocycles. The Balaban J connectivity index is 2.01. The van der Waals surface area contributed by atoms with Gasteiger partial charge in [-0.3, -0.25) is 0 Å². The summed E-state index contributed by atoms with van der Waals surface area (Å²) in [6, 6.07) is 7.70. The van der Waals surface area contributed by atoms with Gasteiger partial charge in [-0.1, -0.05) is 18.2 Å². The number of rotatable bonds is 1. The van der Waals surface area contributed by atoms with Gasteiger partial charge in [0.15, 0.2) is 9.84 Å². The Labute approximate surface area is 107 Å². The standard InChI is InChI=1S/C13H17NO3S/c14-13(10-5-8-18(15,16)9-10)6-7-17-12-4-2-1-3-11(12)13/h1-4,10H,5-9,14H2. The lowest BCUT2D eigenvalue weighted by atomic mass is 9.75. The molecule has 4 nitrogen and oxygen atoms in total. The second-order valence-electron chi connectivity index (χ2n) is 5.23. The molecule has 1 aromatic rings. The first-order valence-corrected chi connectivity index (χ1v) is 8.05. The largest absolute Gasteiger partial charge is 0.493 e. The number of fused-ring (bicyclic) bond motifs is 1. The quantitative estimate of drug-likeness (QED) is 0.826. The number of hydrogen-bond acceptors (Lipinski definition) is 4. The third-order valence-corrected chi connectivity index (χ3v) is 5.89. The normalized spacial score (nSPS) is 33.7. The molecule has 0 aromatic heterocycles. The minimum absolute atomic E-state index is 0.00699. The molecular weight excluding hydrogens is 250 g/mol. The van der Waals surface area contributed by atoms with E-state index in [-0.39, 0.29) is 17.4 Å². The minimum atomic E-state index is -2.91. The molecule has 0 saturated carbocycles. The van der Waals surface area contributed by atoms with E-state index in [1.54, 1.807) is 0 Å². The maximum Gasteiger partial charge on any atom is 0.150 e. The van der Waals surface area contributed by atoms with Crippen molar-refractivity contribution >= 4 is 9.84 Å². The van der Waals surface area contributed by atoms with Crippen LogP contribution in [0.2, 0.25) is 0 Å². The Morgan fingerprint density at radius 3 is 2.83 bits per heavy atom. The number of para-hydroxylation sites is 1. The van der Waals surface area contributed by atoms with E-state index in [1.165, 1.54) is 0 Å². The second kappa shape index (κ2) is 3.96. The van der Waals surface area contributed by atoms with Crippen LogP contribution in [0.5, 0.6) is 5.75 Å². The molecule has 98 valence electrons. The molecule has 0 radical (unpaired) electrons. The van der Waals surface area contributed by atoms with E-state index in [9.17, 15) is 8.42 Å². The first-order chi connectivity index (χ1) is 8.51. The molecule has 1 aromatic carbocycles. The SMILES string of the molecule is NC1(C2CCS(=O)(=O)C2)CCOc2ccccc21. The zero-order valence-electron chi connectivity index (χ0n) is 10.1. The third-order valence-electron chi connectivity index (χ3n) is 4.12. The summed E-state index contributed by atoms with van der Waals surface area (Å²) in [5, 5.41) is 0. The van der Waals surface area contributed by atoms with Crippen LogP contribution in [-0.4, -0.2) is 26.5 Å². The predicted molar refractivity (Wildman–Crippen MR) is 69.2 cm³/mol. The third kappa shape index (κ3) is 1.82. The van der Waals surface area contributed by atoms with Crippen molar-refractivity contribution < 1.29 is 13.2 Å². The van der Waals surface area contributed by atoms with Gasteiger partial charge >= 0.3 is 0 Å². The van der Waals surface area contributed by atoms with Crippen molar-refractivity contribution in [1.29, 1.82) is 0 Å². The van der Waals surface area contributed by atoms with Gasteiger partial charge in [-0.15, -0.1) is 0 Å². The van der Waals surface area contributed by atoms with Crippen LogP contribution in [0.1, 0.15) is 18.4 Å². The van der Waals surface area contributed by atoms with Gasteiger partial charge in [0.25, 0.3) is 0 Å². The van der Waals surface area contributed by atoms with E-state index in [2.05, 4.69) is 0 Å². The number of benzene rings is 1. The Bertz CT molecular complexity index is 569. The molecule has 2 N–H and O–H groups in total. The highest BCUT2D eigenvalue weighted by Crippen LogP contribution is 2.43. The van der Waals surface area contributed by atoms with Gasteiger partial charge < -0.3 is 10.5 Å². The molecule has 0 aliphatic carbocycles. The van der Waals surface area contributed by atoms with Crippen molar-refractivity contribution in [3.63, 3.8) is 0 Å². The van der Waals surface area contributed by atoms with Gasteiger partial charge in [0, 0.05) is 12.0 Å². The molecular formula is C13H17NO3S. The lowest BCUT2D eigenvalue weighted by Crippen LogP contribution is -2.48. The molecule has 2 atom stereocenters. The Hall–Kier alpha value is -1.07. The van der Waals surface area contributed by atoms with Crippen LogP contribution in [0.4, 0.5) is 0 Å². The van der Waals surface area contributed by atoms with Crippen molar-refractivity contribution in [2.45, 2.75) is 18.4 Å². The lowest BCUT2D eigenvalue weighted by Gasteiger charge is -2.39. The maximum atomic E-state index is 11.7. The second-order valence-corrected chi connectivity index (χ2v) is 7.46. The van der Waals surface area contributed by atoms with Crippen LogP contribution in [0.25, 0.3) is 0 Å². The summed E-state index contributed by atoms with van der Waals surface area (Å²) in [4.78, 5) is 0. The first kappa shape index (κ1) is 12.0. The van der Waals surface area contributed by atoms with Gasteiger partial charge in [-0.2, -0.15) is 0 Å². The van der Waals surface area contributed by atoms with Crippen molar-refractivity contribution in [2.24, 2.45) is 11.7 Å². The summed E-state index contributed by atoms with van der Waals surface area (Å²) in [5.74, 6) is 1.28. The number of hydrogen-bond donors (Lipinski definition) is 1. The van der Waals surface area contributed by atoms with Crippen molar-refractivity contribution in [1.82, 2.24) is 0 Å². The molecule has 2 aliphatic rings. The first-order valence-electron chi connectivity index (χ1n) is 6.23. The van der Waals surface area contributed by atoms with Gasteiger partial charge in [-0.05, 0) is 18.4 Å². The highest BCUT2D eigenvalue weighted by atomic mass is 32.2. The summed E-state index contributed by atoms with van der Waals surface area (Å²) >= 11 is 0. The Morgan fingerprint density at radius 2 is 2.11 bits per heavy atom. The van der Waals surface area contributed by atoms with Gasteiger partial charge in [0.05, 0.1) is 23.7 Å². The fourth-order valence-electron chi connectivity index (χ4n) is 3.07. The highest BCUT2D eigenvalue weighted by Gasteiger charge is 2.45. The topological polar surface area (TPSA) is 69.4 Å². The molecule has 2 unspecified atom stereocenters. The van der Waals surface area contributed by atoms with Crippen molar-refractivity contribution in [3.8, 4) is 5.75 Å². The molecule has 18 heavy (non-hydrogen) atoms. The summed E-state index contributed by atoms with van der Waals surface area (Å²) in [6.07, 6.45) is 1.34.